The summed E-state index contributed by atoms with van der Waals surface area (Å²) in [4.78, 5) is 21.8. The fourth-order valence-corrected chi connectivity index (χ4v) is 2.81. The molecule has 0 unspecified atom stereocenters. The summed E-state index contributed by atoms with van der Waals surface area (Å²) in [7, 11) is 1.86. The average Bonchev–Trinajstić information content (AvgIpc) is 3.16. The van der Waals surface area contributed by atoms with E-state index >= 15 is 0 Å². The molecule has 2 heterocycles. The summed E-state index contributed by atoms with van der Waals surface area (Å²) in [6.07, 6.45) is 3.80. The van der Waals surface area contributed by atoms with Crippen LogP contribution in [0.25, 0.3) is 11.3 Å². The van der Waals surface area contributed by atoms with Crippen LogP contribution in [0.2, 0.25) is 0 Å². The summed E-state index contributed by atoms with van der Waals surface area (Å²) in [5, 5.41) is 3.17. The maximum absolute atomic E-state index is 11.7. The molecule has 1 aromatic carbocycles. The van der Waals surface area contributed by atoms with E-state index in [2.05, 4.69) is 15.3 Å². The van der Waals surface area contributed by atoms with Gasteiger partial charge in [-0.05, 0) is 24.3 Å². The number of amides is 1. The first-order chi connectivity index (χ1) is 12.1. The van der Waals surface area contributed by atoms with Gasteiger partial charge in [0, 0.05) is 43.8 Å². The Morgan fingerprint density at radius 2 is 2.12 bits per heavy atom. The number of nitrogens with two attached hydrogens (primary N) is 1. The van der Waals surface area contributed by atoms with Crippen LogP contribution in [0.4, 0.5) is 5.69 Å². The third-order valence-corrected chi connectivity index (χ3v) is 4.23. The predicted molar refractivity (Wildman–Crippen MR) is 96.2 cm³/mol. The minimum Gasteiger partial charge on any atom is -0.444 e. The second-order valence-corrected chi connectivity index (χ2v) is 5.81. The molecule has 3 rings (SSSR count). The molecule has 25 heavy (non-hydrogen) atoms. The summed E-state index contributed by atoms with van der Waals surface area (Å²) < 4.78 is 5.27. The zero-order valence-corrected chi connectivity index (χ0v) is 14.3. The molecular weight excluding hydrogens is 318 g/mol. The lowest BCUT2D eigenvalue weighted by Gasteiger charge is -2.29. The zero-order chi connectivity index (χ0) is 17.8. The van der Waals surface area contributed by atoms with Crippen LogP contribution in [0, 0.1) is 0 Å². The normalized spacial score (nSPS) is 15.4. The van der Waals surface area contributed by atoms with Gasteiger partial charge in [-0.3, -0.25) is 4.79 Å². The topological polar surface area (TPSA) is 96.8 Å². The number of hydrogen-bond acceptors (Lipinski definition) is 5. The zero-order valence-electron chi connectivity index (χ0n) is 14.3. The van der Waals surface area contributed by atoms with Gasteiger partial charge < -0.3 is 20.4 Å². The van der Waals surface area contributed by atoms with Crippen LogP contribution >= 0.6 is 0 Å². The van der Waals surface area contributed by atoms with E-state index < -0.39 is 0 Å². The van der Waals surface area contributed by atoms with Gasteiger partial charge in [0.2, 0.25) is 5.91 Å². The monoisotopic (exact) mass is 339 g/mol. The number of aliphatic imine (C=N–C) groups is 1. The summed E-state index contributed by atoms with van der Waals surface area (Å²) in [5.41, 5.74) is 9.78. The lowest BCUT2D eigenvalue weighted by molar-refractivity contribution is -0.128. The van der Waals surface area contributed by atoms with Gasteiger partial charge in [0.1, 0.15) is 5.84 Å². The molecule has 0 bridgehead atoms. The smallest absolute Gasteiger partial charge is 0.219 e. The molecule has 3 N–H and O–H groups in total. The average molecular weight is 339 g/mol. The summed E-state index contributed by atoms with van der Waals surface area (Å²) in [6.45, 7) is 2.72. The molecule has 2 aromatic rings. The Morgan fingerprint density at radius 3 is 2.72 bits per heavy atom. The first-order valence-electron chi connectivity index (χ1n) is 8.07. The highest BCUT2D eigenvalue weighted by Crippen LogP contribution is 2.23. The number of amidine groups is 1. The van der Waals surface area contributed by atoms with Crippen LogP contribution in [-0.2, 0) is 4.79 Å². The van der Waals surface area contributed by atoms with Crippen molar-refractivity contribution in [2.75, 3.05) is 20.1 Å². The van der Waals surface area contributed by atoms with Gasteiger partial charge in [-0.2, -0.15) is 0 Å². The molecule has 0 spiro atoms. The minimum atomic E-state index is 0.0388. The first-order valence-corrected chi connectivity index (χ1v) is 8.07. The number of benzene rings is 1. The molecule has 1 amide bonds. The Hall–Kier alpha value is -3.09. The molecule has 7 nitrogen and oxygen atoms in total. The Kier molecular flexibility index (Phi) is 4.83. The molecule has 0 atom stereocenters. The Labute approximate surface area is 146 Å². The number of carbonyl (C=O) groups is 1. The van der Waals surface area contributed by atoms with Crippen molar-refractivity contribution in [3.63, 3.8) is 0 Å². The standard InChI is InChI=1S/C18H21N5O2/c1-12(24)23-8-7-16(20-2)15(10-23)18(19)22-14-5-3-13(4-6-14)17-9-21-11-25-17/h3-6,9,11,20H,7-8,10H2,1-2H3,(H2,19,22). The quantitative estimate of drug-likeness (QED) is 0.656. The first kappa shape index (κ1) is 16.8. The number of aromatic nitrogens is 1. The Morgan fingerprint density at radius 1 is 1.36 bits per heavy atom. The number of nitrogens with zero attached hydrogens (tertiary/aromatic N) is 3. The van der Waals surface area contributed by atoms with Crippen molar-refractivity contribution in [2.45, 2.75) is 13.3 Å². The van der Waals surface area contributed by atoms with Crippen molar-refractivity contribution in [1.29, 1.82) is 0 Å². The molecule has 0 radical (unpaired) electrons. The van der Waals surface area contributed by atoms with Gasteiger partial charge in [0.15, 0.2) is 12.2 Å². The lowest BCUT2D eigenvalue weighted by atomic mass is 10.0. The van der Waals surface area contributed by atoms with E-state index in [4.69, 9.17) is 10.2 Å². The molecule has 1 aliphatic rings. The third kappa shape index (κ3) is 3.71. The Bertz CT molecular complexity index is 807. The second kappa shape index (κ2) is 7.21. The van der Waals surface area contributed by atoms with Crippen LogP contribution in [0.15, 0.2) is 57.5 Å². The molecule has 130 valence electrons. The van der Waals surface area contributed by atoms with Gasteiger partial charge in [0.25, 0.3) is 0 Å². The van der Waals surface area contributed by atoms with Crippen LogP contribution < -0.4 is 11.1 Å². The van der Waals surface area contributed by atoms with E-state index in [1.165, 1.54) is 6.39 Å². The van der Waals surface area contributed by atoms with Gasteiger partial charge in [-0.15, -0.1) is 0 Å². The van der Waals surface area contributed by atoms with Gasteiger partial charge in [0.05, 0.1) is 18.4 Å². The summed E-state index contributed by atoms with van der Waals surface area (Å²) in [6, 6.07) is 7.55. The highest BCUT2D eigenvalue weighted by atomic mass is 16.3. The SMILES string of the molecule is CNC1=C(C(N)=Nc2ccc(-c3cnco3)cc2)CN(C(C)=O)CC1. The van der Waals surface area contributed by atoms with Gasteiger partial charge in [-0.1, -0.05) is 0 Å². The molecular formula is C18H21N5O2. The number of carbonyl (C=O) groups excluding carboxylic acids is 1. The summed E-state index contributed by atoms with van der Waals surface area (Å²) >= 11 is 0. The number of hydrogen-bond donors (Lipinski definition) is 2. The molecule has 0 saturated heterocycles. The van der Waals surface area contributed by atoms with Gasteiger partial charge >= 0.3 is 0 Å². The van der Waals surface area contributed by atoms with Crippen LogP contribution in [0.1, 0.15) is 13.3 Å². The van der Waals surface area contributed by atoms with E-state index in [1.807, 2.05) is 31.3 Å². The van der Waals surface area contributed by atoms with E-state index in [1.54, 1.807) is 18.0 Å². The van der Waals surface area contributed by atoms with E-state index in [0.717, 1.165) is 28.9 Å². The second-order valence-electron chi connectivity index (χ2n) is 5.81. The van der Waals surface area contributed by atoms with Crippen LogP contribution in [0.5, 0.6) is 0 Å². The van der Waals surface area contributed by atoms with Gasteiger partial charge in [-0.25, -0.2) is 9.98 Å². The Balaban J connectivity index is 1.84. The van der Waals surface area contributed by atoms with E-state index in [0.29, 0.717) is 24.7 Å². The lowest BCUT2D eigenvalue weighted by Crippen LogP contribution is -2.40. The van der Waals surface area contributed by atoms with Crippen molar-refractivity contribution >= 4 is 17.4 Å². The van der Waals surface area contributed by atoms with E-state index in [-0.39, 0.29) is 5.91 Å². The number of nitrogens with one attached hydrogen (secondary N) is 1. The van der Waals surface area contributed by atoms with Crippen molar-refractivity contribution in [1.82, 2.24) is 15.2 Å². The fourth-order valence-electron chi connectivity index (χ4n) is 2.81. The molecule has 0 aliphatic carbocycles. The molecule has 0 fully saturated rings. The molecule has 0 saturated carbocycles. The molecule has 1 aliphatic heterocycles. The minimum absolute atomic E-state index is 0.0388. The largest absolute Gasteiger partial charge is 0.444 e. The third-order valence-electron chi connectivity index (χ3n) is 4.23. The van der Waals surface area contributed by atoms with Crippen molar-refractivity contribution in [3.05, 3.63) is 48.1 Å². The van der Waals surface area contributed by atoms with Crippen LogP contribution in [0.3, 0.4) is 0 Å². The van der Waals surface area contributed by atoms with E-state index in [9.17, 15) is 4.79 Å². The highest BCUT2D eigenvalue weighted by Gasteiger charge is 2.22. The highest BCUT2D eigenvalue weighted by molar-refractivity contribution is 6.00. The number of rotatable bonds is 4. The number of oxazole rings is 1. The summed E-state index contributed by atoms with van der Waals surface area (Å²) in [5.74, 6) is 1.16. The van der Waals surface area contributed by atoms with Crippen molar-refractivity contribution < 1.29 is 9.21 Å². The maximum atomic E-state index is 11.7. The fraction of sp³-hybridized carbons (Fsp3) is 0.278. The maximum Gasteiger partial charge on any atom is 0.219 e. The van der Waals surface area contributed by atoms with Crippen LogP contribution in [-0.4, -0.2) is 41.8 Å². The van der Waals surface area contributed by atoms with Crippen molar-refractivity contribution in [2.24, 2.45) is 10.7 Å². The predicted octanol–water partition coefficient (Wildman–Crippen LogP) is 2.06. The molecule has 1 aromatic heterocycles. The van der Waals surface area contributed by atoms with Crippen molar-refractivity contribution in [3.8, 4) is 11.3 Å². The molecule has 7 heteroatoms.